The summed E-state index contributed by atoms with van der Waals surface area (Å²) in [4.78, 5) is 46.0. The Labute approximate surface area is 212 Å². The molecule has 0 radical (unpaired) electrons. The molecule has 186 valence electrons. The fraction of sp³-hybridized carbons (Fsp3) is 0.308. The first-order chi connectivity index (χ1) is 17.5. The van der Waals surface area contributed by atoms with E-state index < -0.39 is 24.1 Å². The lowest BCUT2D eigenvalue weighted by Crippen LogP contribution is -2.50. The molecule has 36 heavy (non-hydrogen) atoms. The van der Waals surface area contributed by atoms with Crippen molar-refractivity contribution in [3.63, 3.8) is 0 Å². The third-order valence-corrected chi connectivity index (χ3v) is 6.95. The molecule has 0 bridgehead atoms. The number of carbonyl (C=O) groups is 3. The van der Waals surface area contributed by atoms with Crippen molar-refractivity contribution < 1.29 is 24.2 Å². The van der Waals surface area contributed by atoms with Gasteiger partial charge >= 0.3 is 6.09 Å². The molecule has 1 aliphatic heterocycles. The maximum absolute atomic E-state index is 13.8. The first kappa shape index (κ1) is 24.0. The normalized spacial score (nSPS) is 19.1. The molecule has 2 aromatic carbocycles. The van der Waals surface area contributed by atoms with Crippen LogP contribution in [0.5, 0.6) is 0 Å². The van der Waals surface area contributed by atoms with Crippen molar-refractivity contribution in [1.82, 2.24) is 15.2 Å². The van der Waals surface area contributed by atoms with Crippen molar-refractivity contribution in [1.29, 1.82) is 0 Å². The van der Waals surface area contributed by atoms with Crippen LogP contribution in [0.3, 0.4) is 0 Å². The number of hydrogen-bond acceptors (Lipinski definition) is 7. The number of carbonyl (C=O) groups excluding carboxylic acids is 3. The van der Waals surface area contributed by atoms with Crippen molar-refractivity contribution in [2.24, 2.45) is 0 Å². The van der Waals surface area contributed by atoms with Crippen LogP contribution in [0.1, 0.15) is 35.2 Å². The molecule has 2 N–H and O–H groups in total. The van der Waals surface area contributed by atoms with Crippen LogP contribution in [0, 0.1) is 0 Å². The number of likely N-dealkylation sites (tertiary alicyclic amines) is 1. The van der Waals surface area contributed by atoms with Crippen LogP contribution in [0.4, 0.5) is 15.6 Å². The summed E-state index contributed by atoms with van der Waals surface area (Å²) in [6.45, 7) is 0.255. The van der Waals surface area contributed by atoms with Gasteiger partial charge in [-0.25, -0.2) is 9.78 Å². The molecule has 3 amide bonds. The third kappa shape index (κ3) is 5.24. The predicted molar refractivity (Wildman–Crippen MR) is 134 cm³/mol. The Morgan fingerprint density at radius 2 is 1.83 bits per heavy atom. The van der Waals surface area contributed by atoms with Gasteiger partial charge in [-0.2, -0.15) is 0 Å². The highest BCUT2D eigenvalue weighted by atomic mass is 32.1. The Kier molecular flexibility index (Phi) is 6.97. The molecule has 5 rings (SSSR count). The number of rotatable bonds is 7. The van der Waals surface area contributed by atoms with E-state index in [1.807, 2.05) is 30.3 Å². The SMILES string of the molecule is O=C(NC1CC1)c1ccc(N(C(=O)C2C(O)CCN2C(=O)OCc2ccccc2)c2nccs2)cc1. The van der Waals surface area contributed by atoms with Crippen LogP contribution in [0.15, 0.2) is 66.2 Å². The van der Waals surface area contributed by atoms with Crippen LogP contribution in [0.25, 0.3) is 0 Å². The minimum atomic E-state index is -1.13. The van der Waals surface area contributed by atoms with E-state index in [4.69, 9.17) is 4.74 Å². The number of aromatic nitrogens is 1. The van der Waals surface area contributed by atoms with Gasteiger partial charge < -0.3 is 15.2 Å². The third-order valence-electron chi connectivity index (χ3n) is 6.19. The van der Waals surface area contributed by atoms with E-state index in [1.165, 1.54) is 21.1 Å². The Morgan fingerprint density at radius 1 is 1.08 bits per heavy atom. The van der Waals surface area contributed by atoms with E-state index in [-0.39, 0.29) is 31.5 Å². The largest absolute Gasteiger partial charge is 0.445 e. The summed E-state index contributed by atoms with van der Waals surface area (Å²) < 4.78 is 5.44. The standard InChI is InChI=1S/C26H26N4O5S/c31-21-12-14-29(26(34)35-16-17-4-2-1-3-5-17)22(21)24(33)30(25-27-13-15-36-25)20-10-6-18(7-11-20)23(32)28-19-8-9-19/h1-7,10-11,13,15,19,21-22,31H,8-9,12,14,16H2,(H,28,32). The summed E-state index contributed by atoms with van der Waals surface area (Å²) in [5.74, 6) is -0.656. The molecule has 1 aliphatic carbocycles. The van der Waals surface area contributed by atoms with E-state index in [0.29, 0.717) is 16.4 Å². The second-order valence-electron chi connectivity index (χ2n) is 8.82. The van der Waals surface area contributed by atoms with E-state index >= 15 is 0 Å². The molecule has 2 heterocycles. The zero-order valence-corrected chi connectivity index (χ0v) is 20.3. The lowest BCUT2D eigenvalue weighted by molar-refractivity contribution is -0.124. The van der Waals surface area contributed by atoms with Gasteiger partial charge in [-0.05, 0) is 49.1 Å². The highest BCUT2D eigenvalue weighted by Gasteiger charge is 2.45. The molecule has 2 atom stereocenters. The summed E-state index contributed by atoms with van der Waals surface area (Å²) in [6.07, 6.45) is 2.10. The molecular weight excluding hydrogens is 480 g/mol. The molecule has 10 heteroatoms. The summed E-state index contributed by atoms with van der Waals surface area (Å²) >= 11 is 1.26. The van der Waals surface area contributed by atoms with Crippen LogP contribution < -0.4 is 10.2 Å². The van der Waals surface area contributed by atoms with Gasteiger partial charge in [0, 0.05) is 29.7 Å². The van der Waals surface area contributed by atoms with Crippen molar-refractivity contribution in [2.45, 2.75) is 44.1 Å². The van der Waals surface area contributed by atoms with Crippen LogP contribution >= 0.6 is 11.3 Å². The van der Waals surface area contributed by atoms with Gasteiger partial charge in [0.15, 0.2) is 5.13 Å². The molecule has 2 fully saturated rings. The van der Waals surface area contributed by atoms with Crippen LogP contribution in [-0.4, -0.2) is 57.6 Å². The first-order valence-electron chi connectivity index (χ1n) is 11.8. The number of aliphatic hydroxyl groups is 1. The van der Waals surface area contributed by atoms with Gasteiger partial charge in [0.05, 0.1) is 11.8 Å². The van der Waals surface area contributed by atoms with E-state index in [1.54, 1.807) is 35.8 Å². The molecule has 1 aromatic heterocycles. The number of nitrogens with zero attached hydrogens (tertiary/aromatic N) is 3. The second-order valence-corrected chi connectivity index (χ2v) is 9.69. The first-order valence-corrected chi connectivity index (χ1v) is 12.7. The van der Waals surface area contributed by atoms with Gasteiger partial charge in [-0.3, -0.25) is 19.4 Å². The second kappa shape index (κ2) is 10.5. The van der Waals surface area contributed by atoms with Crippen molar-refractivity contribution in [3.05, 3.63) is 77.3 Å². The average Bonchev–Trinajstić information content (AvgIpc) is 3.38. The zero-order chi connectivity index (χ0) is 25.1. The number of benzene rings is 2. The quantitative estimate of drug-likeness (QED) is 0.508. The number of amides is 3. The van der Waals surface area contributed by atoms with Crippen molar-refractivity contribution >= 4 is 40.1 Å². The minimum absolute atomic E-state index is 0.0633. The van der Waals surface area contributed by atoms with Crippen molar-refractivity contribution in [3.8, 4) is 0 Å². The molecule has 1 saturated carbocycles. The monoisotopic (exact) mass is 506 g/mol. The van der Waals surface area contributed by atoms with E-state index in [2.05, 4.69) is 10.3 Å². The molecule has 2 unspecified atom stereocenters. The fourth-order valence-corrected chi connectivity index (χ4v) is 4.80. The van der Waals surface area contributed by atoms with Gasteiger partial charge in [0.1, 0.15) is 12.6 Å². The highest BCUT2D eigenvalue weighted by Crippen LogP contribution is 2.32. The number of hydrogen-bond donors (Lipinski definition) is 2. The maximum atomic E-state index is 13.8. The summed E-state index contributed by atoms with van der Waals surface area (Å²) in [5.41, 5.74) is 1.79. The Bertz CT molecular complexity index is 1210. The summed E-state index contributed by atoms with van der Waals surface area (Å²) in [5, 5.41) is 15.8. The number of nitrogens with one attached hydrogen (secondary N) is 1. The smallest absolute Gasteiger partial charge is 0.410 e. The van der Waals surface area contributed by atoms with Gasteiger partial charge in [0.2, 0.25) is 0 Å². The zero-order valence-electron chi connectivity index (χ0n) is 19.4. The van der Waals surface area contributed by atoms with Gasteiger partial charge in [-0.15, -0.1) is 11.3 Å². The van der Waals surface area contributed by atoms with E-state index in [9.17, 15) is 19.5 Å². The molecule has 2 aliphatic rings. The summed E-state index contributed by atoms with van der Waals surface area (Å²) in [6, 6.07) is 15.0. The average molecular weight is 507 g/mol. The number of ether oxygens (including phenoxy) is 1. The molecule has 9 nitrogen and oxygen atoms in total. The predicted octanol–water partition coefficient (Wildman–Crippen LogP) is 3.47. The fourth-order valence-electron chi connectivity index (χ4n) is 4.13. The van der Waals surface area contributed by atoms with Crippen LogP contribution in [-0.2, 0) is 16.1 Å². The topological polar surface area (TPSA) is 112 Å². The molecule has 3 aromatic rings. The maximum Gasteiger partial charge on any atom is 0.410 e. The lowest BCUT2D eigenvalue weighted by Gasteiger charge is -2.29. The van der Waals surface area contributed by atoms with E-state index in [0.717, 1.165) is 18.4 Å². The number of anilines is 2. The Morgan fingerprint density at radius 3 is 2.50 bits per heavy atom. The van der Waals surface area contributed by atoms with Crippen LogP contribution in [0.2, 0.25) is 0 Å². The number of aliphatic hydroxyl groups excluding tert-OH is 1. The number of thiazole rings is 1. The van der Waals surface area contributed by atoms with Gasteiger partial charge in [0.25, 0.3) is 11.8 Å². The van der Waals surface area contributed by atoms with Gasteiger partial charge in [-0.1, -0.05) is 30.3 Å². The summed E-state index contributed by atoms with van der Waals surface area (Å²) in [7, 11) is 0. The highest BCUT2D eigenvalue weighted by molar-refractivity contribution is 7.13. The Hall–Kier alpha value is -3.76. The lowest BCUT2D eigenvalue weighted by atomic mass is 10.1. The molecule has 0 spiro atoms. The molecule has 1 saturated heterocycles. The van der Waals surface area contributed by atoms with Crippen molar-refractivity contribution in [2.75, 3.05) is 11.4 Å². The minimum Gasteiger partial charge on any atom is -0.445 e. The Balaban J connectivity index is 1.36. The molecular formula is C26H26N4O5S.